The van der Waals surface area contributed by atoms with Gasteiger partial charge in [-0.2, -0.15) is 0 Å². The summed E-state index contributed by atoms with van der Waals surface area (Å²) in [5.41, 5.74) is 6.26. The van der Waals surface area contributed by atoms with Crippen LogP contribution >= 0.6 is 0 Å². The van der Waals surface area contributed by atoms with E-state index >= 15 is 0 Å². The molecule has 172 valence electrons. The molecule has 0 bridgehead atoms. The standard InChI is InChI=1S/C29H29N3O2/c1-21-8-12-23(13-9-21)20-32-28(33)26(24-14-10-22(2)11-15-24)27(29(32)34)31-18-16-30(17-19-31)25-6-4-3-5-7-25/h3-15H,16-20H2,1-2H3. The molecular weight excluding hydrogens is 422 g/mol. The Morgan fingerprint density at radius 1 is 0.647 bits per heavy atom. The fourth-order valence-electron chi connectivity index (χ4n) is 4.68. The summed E-state index contributed by atoms with van der Waals surface area (Å²) in [7, 11) is 0. The number of carbonyl (C=O) groups is 2. The fourth-order valence-corrected chi connectivity index (χ4v) is 4.68. The molecular formula is C29H29N3O2. The second-order valence-electron chi connectivity index (χ2n) is 9.08. The van der Waals surface area contributed by atoms with E-state index in [4.69, 9.17) is 0 Å². The summed E-state index contributed by atoms with van der Waals surface area (Å²) in [4.78, 5) is 33.1. The molecule has 2 amide bonds. The topological polar surface area (TPSA) is 43.9 Å². The van der Waals surface area contributed by atoms with Crippen molar-refractivity contribution in [1.82, 2.24) is 9.80 Å². The van der Waals surface area contributed by atoms with Gasteiger partial charge in [-0.15, -0.1) is 0 Å². The van der Waals surface area contributed by atoms with Crippen molar-refractivity contribution >= 4 is 23.1 Å². The molecule has 5 heteroatoms. The van der Waals surface area contributed by atoms with E-state index in [1.54, 1.807) is 0 Å². The molecule has 2 aliphatic heterocycles. The summed E-state index contributed by atoms with van der Waals surface area (Å²) in [5.74, 6) is -0.413. The van der Waals surface area contributed by atoms with Gasteiger partial charge in [-0.1, -0.05) is 77.9 Å². The molecule has 0 unspecified atom stereocenters. The van der Waals surface area contributed by atoms with E-state index in [0.29, 0.717) is 24.4 Å². The Bertz CT molecular complexity index is 1220. The van der Waals surface area contributed by atoms with E-state index in [1.807, 2.05) is 80.6 Å². The third kappa shape index (κ3) is 4.21. The molecule has 3 aromatic carbocycles. The molecule has 2 aliphatic rings. The Morgan fingerprint density at radius 2 is 1.21 bits per heavy atom. The lowest BCUT2D eigenvalue weighted by molar-refractivity contribution is -0.138. The zero-order valence-electron chi connectivity index (χ0n) is 19.7. The van der Waals surface area contributed by atoms with Gasteiger partial charge in [0.1, 0.15) is 5.70 Å². The first-order chi connectivity index (χ1) is 16.5. The molecule has 0 aliphatic carbocycles. The minimum absolute atomic E-state index is 0.200. The van der Waals surface area contributed by atoms with Crippen LogP contribution in [0.1, 0.15) is 22.3 Å². The molecule has 3 aromatic rings. The Kier molecular flexibility index (Phi) is 5.93. The van der Waals surface area contributed by atoms with E-state index < -0.39 is 0 Å². The number of aryl methyl sites for hydroxylation is 2. The Labute approximate surface area is 200 Å². The molecule has 0 N–H and O–H groups in total. The van der Waals surface area contributed by atoms with Gasteiger partial charge in [0.15, 0.2) is 0 Å². The Hall–Kier alpha value is -3.86. The highest BCUT2D eigenvalue weighted by Gasteiger charge is 2.42. The van der Waals surface area contributed by atoms with Crippen LogP contribution in [0.4, 0.5) is 5.69 Å². The highest BCUT2D eigenvalue weighted by atomic mass is 16.2. The summed E-state index contributed by atoms with van der Waals surface area (Å²) in [5, 5.41) is 0. The van der Waals surface area contributed by atoms with E-state index in [-0.39, 0.29) is 18.4 Å². The highest BCUT2D eigenvalue weighted by molar-refractivity contribution is 6.35. The Balaban J connectivity index is 1.45. The summed E-state index contributed by atoms with van der Waals surface area (Å²) < 4.78 is 0. The van der Waals surface area contributed by atoms with Gasteiger partial charge in [-0.3, -0.25) is 14.5 Å². The predicted octanol–water partition coefficient (Wildman–Crippen LogP) is 4.41. The quantitative estimate of drug-likeness (QED) is 0.539. The molecule has 1 fully saturated rings. The van der Waals surface area contributed by atoms with E-state index in [2.05, 4.69) is 21.9 Å². The monoisotopic (exact) mass is 451 g/mol. The fraction of sp³-hybridized carbons (Fsp3) is 0.241. The van der Waals surface area contributed by atoms with Gasteiger partial charge < -0.3 is 9.80 Å². The van der Waals surface area contributed by atoms with Crippen molar-refractivity contribution in [3.8, 4) is 0 Å². The van der Waals surface area contributed by atoms with Crippen LogP contribution in [0.5, 0.6) is 0 Å². The summed E-state index contributed by atoms with van der Waals surface area (Å²) >= 11 is 0. The number of para-hydroxylation sites is 1. The van der Waals surface area contributed by atoms with Crippen LogP contribution in [0.3, 0.4) is 0 Å². The zero-order chi connectivity index (χ0) is 23.7. The van der Waals surface area contributed by atoms with Crippen LogP contribution in [0.2, 0.25) is 0 Å². The minimum atomic E-state index is -0.213. The number of carbonyl (C=O) groups excluding carboxylic acids is 2. The summed E-state index contributed by atoms with van der Waals surface area (Å²) in [6.45, 7) is 7.31. The van der Waals surface area contributed by atoms with Crippen molar-refractivity contribution < 1.29 is 9.59 Å². The SMILES string of the molecule is Cc1ccc(CN2C(=O)C(c3ccc(C)cc3)=C(N3CCN(c4ccccc4)CC3)C2=O)cc1. The van der Waals surface area contributed by atoms with Crippen molar-refractivity contribution in [3.63, 3.8) is 0 Å². The summed E-state index contributed by atoms with van der Waals surface area (Å²) in [6.07, 6.45) is 0. The van der Waals surface area contributed by atoms with Crippen LogP contribution in [0, 0.1) is 13.8 Å². The molecule has 0 spiro atoms. The van der Waals surface area contributed by atoms with Gasteiger partial charge in [0.05, 0.1) is 12.1 Å². The molecule has 2 heterocycles. The van der Waals surface area contributed by atoms with Crippen LogP contribution in [-0.4, -0.2) is 47.8 Å². The van der Waals surface area contributed by atoms with E-state index in [9.17, 15) is 9.59 Å². The molecule has 0 atom stereocenters. The second kappa shape index (κ2) is 9.18. The molecule has 5 rings (SSSR count). The lowest BCUT2D eigenvalue weighted by Gasteiger charge is -2.37. The zero-order valence-corrected chi connectivity index (χ0v) is 19.7. The van der Waals surface area contributed by atoms with Gasteiger partial charge >= 0.3 is 0 Å². The van der Waals surface area contributed by atoms with Crippen molar-refractivity contribution in [1.29, 1.82) is 0 Å². The third-order valence-electron chi connectivity index (χ3n) is 6.66. The van der Waals surface area contributed by atoms with Crippen molar-refractivity contribution in [3.05, 3.63) is 107 Å². The highest BCUT2D eigenvalue weighted by Crippen LogP contribution is 2.33. The van der Waals surface area contributed by atoms with Crippen molar-refractivity contribution in [2.45, 2.75) is 20.4 Å². The number of piperazine rings is 1. The molecule has 0 aromatic heterocycles. The smallest absolute Gasteiger partial charge is 0.278 e. The van der Waals surface area contributed by atoms with Gasteiger partial charge in [-0.05, 0) is 37.1 Å². The van der Waals surface area contributed by atoms with Crippen molar-refractivity contribution in [2.24, 2.45) is 0 Å². The van der Waals surface area contributed by atoms with Crippen LogP contribution in [0.15, 0.2) is 84.6 Å². The van der Waals surface area contributed by atoms with Gasteiger partial charge in [0.25, 0.3) is 11.8 Å². The first-order valence-electron chi connectivity index (χ1n) is 11.8. The average molecular weight is 452 g/mol. The minimum Gasteiger partial charge on any atom is -0.368 e. The maximum Gasteiger partial charge on any atom is 0.278 e. The molecule has 34 heavy (non-hydrogen) atoms. The molecule has 5 nitrogen and oxygen atoms in total. The molecule has 0 saturated carbocycles. The number of nitrogens with zero attached hydrogens (tertiary/aromatic N) is 3. The first kappa shape index (κ1) is 22.0. The van der Waals surface area contributed by atoms with E-state index in [1.165, 1.54) is 10.6 Å². The molecule has 1 saturated heterocycles. The largest absolute Gasteiger partial charge is 0.368 e. The number of rotatable bonds is 5. The van der Waals surface area contributed by atoms with Crippen LogP contribution in [-0.2, 0) is 16.1 Å². The lowest BCUT2D eigenvalue weighted by atomic mass is 10.0. The number of anilines is 1. The normalized spacial score (nSPS) is 16.6. The predicted molar refractivity (Wildman–Crippen MR) is 135 cm³/mol. The molecule has 0 radical (unpaired) electrons. The van der Waals surface area contributed by atoms with Gasteiger partial charge in [0, 0.05) is 31.9 Å². The number of imide groups is 1. The maximum atomic E-state index is 13.7. The third-order valence-corrected chi connectivity index (χ3v) is 6.66. The van der Waals surface area contributed by atoms with Gasteiger partial charge in [-0.25, -0.2) is 0 Å². The van der Waals surface area contributed by atoms with E-state index in [0.717, 1.165) is 35.3 Å². The van der Waals surface area contributed by atoms with Crippen LogP contribution in [0.25, 0.3) is 5.57 Å². The lowest BCUT2D eigenvalue weighted by Crippen LogP contribution is -2.47. The first-order valence-corrected chi connectivity index (χ1v) is 11.8. The number of benzene rings is 3. The Morgan fingerprint density at radius 3 is 1.82 bits per heavy atom. The maximum absolute atomic E-state index is 13.7. The number of hydrogen-bond donors (Lipinski definition) is 0. The average Bonchev–Trinajstić information content (AvgIpc) is 3.11. The second-order valence-corrected chi connectivity index (χ2v) is 9.08. The number of hydrogen-bond acceptors (Lipinski definition) is 4. The van der Waals surface area contributed by atoms with Crippen molar-refractivity contribution in [2.75, 3.05) is 31.1 Å². The van der Waals surface area contributed by atoms with Gasteiger partial charge in [0.2, 0.25) is 0 Å². The van der Waals surface area contributed by atoms with Crippen LogP contribution < -0.4 is 4.90 Å². The summed E-state index contributed by atoms with van der Waals surface area (Å²) in [6, 6.07) is 26.2. The number of amides is 2.